The van der Waals surface area contributed by atoms with E-state index in [1.165, 1.54) is 0 Å². The molecule has 0 unspecified atom stereocenters. The Bertz CT molecular complexity index is 1460. The molecular formula is C29H25F3N2O3. The van der Waals surface area contributed by atoms with Crippen LogP contribution in [-0.4, -0.2) is 25.8 Å². The van der Waals surface area contributed by atoms with Crippen molar-refractivity contribution in [1.82, 2.24) is 5.32 Å². The van der Waals surface area contributed by atoms with Gasteiger partial charge in [-0.15, -0.1) is 0 Å². The van der Waals surface area contributed by atoms with Crippen LogP contribution in [0, 0.1) is 11.3 Å². The Morgan fingerprint density at radius 2 is 1.81 bits per heavy atom. The van der Waals surface area contributed by atoms with E-state index in [0.717, 1.165) is 33.2 Å². The summed E-state index contributed by atoms with van der Waals surface area (Å²) in [5, 5.41) is 14.9. The molecule has 1 atom stereocenters. The number of nitriles is 1. The average molecular weight is 507 g/mol. The lowest BCUT2D eigenvalue weighted by molar-refractivity contribution is -0.136. The maximum atomic E-state index is 13.1. The van der Waals surface area contributed by atoms with E-state index in [1.54, 1.807) is 13.2 Å². The van der Waals surface area contributed by atoms with Gasteiger partial charge in [0.25, 0.3) is 5.91 Å². The van der Waals surface area contributed by atoms with Crippen LogP contribution in [0.4, 0.5) is 13.2 Å². The summed E-state index contributed by atoms with van der Waals surface area (Å²) in [5.74, 6) is 0.858. The van der Waals surface area contributed by atoms with E-state index >= 15 is 0 Å². The molecule has 1 N–H and O–H groups in total. The number of alkyl halides is 3. The van der Waals surface area contributed by atoms with Crippen molar-refractivity contribution in [2.24, 2.45) is 0 Å². The predicted molar refractivity (Wildman–Crippen MR) is 133 cm³/mol. The highest BCUT2D eigenvalue weighted by Crippen LogP contribution is 2.47. The SMILES string of the molecule is COc1ccc2cc(C3=C(C#N)C(=O)N[C@@]4(CCc5cc(OCCCC(F)(F)F)ccc54)C3)ccc2c1. The minimum absolute atomic E-state index is 0.0214. The van der Waals surface area contributed by atoms with Gasteiger partial charge in [0.2, 0.25) is 0 Å². The third kappa shape index (κ3) is 4.86. The van der Waals surface area contributed by atoms with Crippen LogP contribution in [-0.2, 0) is 16.8 Å². The Morgan fingerprint density at radius 1 is 1.05 bits per heavy atom. The number of carbonyl (C=O) groups is 1. The molecule has 3 aromatic carbocycles. The Morgan fingerprint density at radius 3 is 2.57 bits per heavy atom. The highest BCUT2D eigenvalue weighted by atomic mass is 19.4. The van der Waals surface area contributed by atoms with Crippen molar-refractivity contribution in [3.63, 3.8) is 0 Å². The maximum absolute atomic E-state index is 13.1. The van der Waals surface area contributed by atoms with Gasteiger partial charge in [-0.2, -0.15) is 18.4 Å². The molecule has 1 spiro atoms. The minimum Gasteiger partial charge on any atom is -0.497 e. The molecule has 190 valence electrons. The number of halogens is 3. The maximum Gasteiger partial charge on any atom is 0.389 e. The first-order chi connectivity index (χ1) is 17.7. The van der Waals surface area contributed by atoms with Gasteiger partial charge in [-0.3, -0.25) is 4.79 Å². The number of amides is 1. The summed E-state index contributed by atoms with van der Waals surface area (Å²) in [6.45, 7) is -0.0214. The van der Waals surface area contributed by atoms with Gasteiger partial charge in [0, 0.05) is 12.8 Å². The van der Waals surface area contributed by atoms with Crippen LogP contribution < -0.4 is 14.8 Å². The second-order valence-corrected chi connectivity index (χ2v) is 9.49. The van der Waals surface area contributed by atoms with E-state index in [-0.39, 0.29) is 18.6 Å². The molecule has 0 aromatic heterocycles. The first-order valence-corrected chi connectivity index (χ1v) is 12.1. The zero-order valence-electron chi connectivity index (χ0n) is 20.2. The zero-order valence-corrected chi connectivity index (χ0v) is 20.2. The summed E-state index contributed by atoms with van der Waals surface area (Å²) in [5.41, 5.74) is 2.90. The largest absolute Gasteiger partial charge is 0.497 e. The lowest BCUT2D eigenvalue weighted by Crippen LogP contribution is -2.48. The quantitative estimate of drug-likeness (QED) is 0.404. The van der Waals surface area contributed by atoms with Gasteiger partial charge in [0.1, 0.15) is 23.1 Å². The number of nitrogens with zero attached hydrogens (tertiary/aromatic N) is 1. The zero-order chi connectivity index (χ0) is 26.2. The number of ether oxygens (including phenoxy) is 2. The minimum atomic E-state index is -4.20. The number of nitrogens with one attached hydrogen (secondary N) is 1. The number of methoxy groups -OCH3 is 1. The number of hydrogen-bond acceptors (Lipinski definition) is 4. The molecule has 5 rings (SSSR count). The van der Waals surface area contributed by atoms with E-state index in [1.807, 2.05) is 48.5 Å². The molecule has 5 nitrogen and oxygen atoms in total. The summed E-state index contributed by atoms with van der Waals surface area (Å²) >= 11 is 0. The summed E-state index contributed by atoms with van der Waals surface area (Å²) in [7, 11) is 1.61. The Hall–Kier alpha value is -3.99. The lowest BCUT2D eigenvalue weighted by Gasteiger charge is -2.37. The number of benzene rings is 3. The fraction of sp³-hybridized carbons (Fsp3) is 0.310. The fourth-order valence-corrected chi connectivity index (χ4v) is 5.35. The van der Waals surface area contributed by atoms with Crippen molar-refractivity contribution in [3.05, 3.63) is 76.9 Å². The molecule has 1 aliphatic carbocycles. The predicted octanol–water partition coefficient (Wildman–Crippen LogP) is 6.21. The summed E-state index contributed by atoms with van der Waals surface area (Å²) in [4.78, 5) is 13.1. The van der Waals surface area contributed by atoms with Gasteiger partial charge in [0.05, 0.1) is 19.3 Å². The highest BCUT2D eigenvalue weighted by molar-refractivity contribution is 6.07. The molecule has 2 aliphatic rings. The first kappa shape index (κ1) is 24.7. The third-order valence-electron chi connectivity index (χ3n) is 7.15. The molecule has 8 heteroatoms. The molecule has 0 fully saturated rings. The van der Waals surface area contributed by atoms with Crippen LogP contribution in [0.15, 0.2) is 60.2 Å². The fourth-order valence-electron chi connectivity index (χ4n) is 5.35. The van der Waals surface area contributed by atoms with Gasteiger partial charge in [-0.05, 0) is 82.6 Å². The van der Waals surface area contributed by atoms with Crippen LogP contribution in [0.25, 0.3) is 16.3 Å². The molecule has 1 aliphatic heterocycles. The Labute approximate surface area is 212 Å². The number of rotatable bonds is 6. The molecule has 0 bridgehead atoms. The average Bonchev–Trinajstić information content (AvgIpc) is 3.21. The van der Waals surface area contributed by atoms with E-state index in [0.29, 0.717) is 30.6 Å². The molecular weight excluding hydrogens is 481 g/mol. The van der Waals surface area contributed by atoms with Crippen LogP contribution in [0.3, 0.4) is 0 Å². The van der Waals surface area contributed by atoms with Crippen molar-refractivity contribution >= 4 is 22.3 Å². The lowest BCUT2D eigenvalue weighted by atomic mass is 9.78. The van der Waals surface area contributed by atoms with Gasteiger partial charge in [-0.25, -0.2) is 0 Å². The normalized spacial score (nSPS) is 19.1. The van der Waals surface area contributed by atoms with Gasteiger partial charge < -0.3 is 14.8 Å². The van der Waals surface area contributed by atoms with Crippen LogP contribution in [0.2, 0.25) is 0 Å². The Kier molecular flexibility index (Phi) is 6.32. The van der Waals surface area contributed by atoms with Crippen LogP contribution in [0.5, 0.6) is 11.5 Å². The van der Waals surface area contributed by atoms with Crippen molar-refractivity contribution in [2.45, 2.75) is 43.8 Å². The number of aryl methyl sites for hydroxylation is 1. The molecule has 37 heavy (non-hydrogen) atoms. The molecule has 1 amide bonds. The smallest absolute Gasteiger partial charge is 0.389 e. The van der Waals surface area contributed by atoms with Crippen LogP contribution >= 0.6 is 0 Å². The Balaban J connectivity index is 1.42. The van der Waals surface area contributed by atoms with E-state index < -0.39 is 24.0 Å². The second-order valence-electron chi connectivity index (χ2n) is 9.49. The van der Waals surface area contributed by atoms with E-state index in [2.05, 4.69) is 11.4 Å². The van der Waals surface area contributed by atoms with E-state index in [9.17, 15) is 23.2 Å². The first-order valence-electron chi connectivity index (χ1n) is 12.1. The molecule has 3 aromatic rings. The summed E-state index contributed by atoms with van der Waals surface area (Å²) < 4.78 is 48.0. The number of fused-ring (bicyclic) bond motifs is 3. The van der Waals surface area contributed by atoms with Gasteiger partial charge in [0.15, 0.2) is 0 Å². The monoisotopic (exact) mass is 506 g/mol. The number of hydrogen-bond donors (Lipinski definition) is 1. The highest BCUT2D eigenvalue weighted by Gasteiger charge is 2.45. The van der Waals surface area contributed by atoms with Crippen molar-refractivity contribution in [1.29, 1.82) is 5.26 Å². The third-order valence-corrected chi connectivity index (χ3v) is 7.15. The molecule has 0 saturated carbocycles. The second kappa shape index (κ2) is 9.47. The van der Waals surface area contributed by atoms with Gasteiger partial charge in [-0.1, -0.05) is 24.3 Å². The van der Waals surface area contributed by atoms with Crippen molar-refractivity contribution < 1.29 is 27.4 Å². The summed E-state index contributed by atoms with van der Waals surface area (Å²) in [6, 6.07) is 19.2. The van der Waals surface area contributed by atoms with Crippen molar-refractivity contribution in [2.75, 3.05) is 13.7 Å². The van der Waals surface area contributed by atoms with Crippen molar-refractivity contribution in [3.8, 4) is 17.6 Å². The topological polar surface area (TPSA) is 71.3 Å². The van der Waals surface area contributed by atoms with Gasteiger partial charge >= 0.3 is 6.18 Å². The molecule has 1 heterocycles. The summed E-state index contributed by atoms with van der Waals surface area (Å²) in [6.07, 6.45) is -3.39. The van der Waals surface area contributed by atoms with E-state index in [4.69, 9.17) is 9.47 Å². The number of carbonyl (C=O) groups excluding carboxylic acids is 1. The standard InChI is InChI=1S/C29H25F3N2O3/c1-36-22-6-5-18-13-20(4-3-19(18)14-22)24-16-28(34-27(35)25(24)17-33)11-9-21-15-23(7-8-26(21)28)37-12-2-10-29(30,31)32/h3-8,13-15H,2,9-12,16H2,1H3,(H,34,35)/t28-/m0/s1. The molecule has 0 radical (unpaired) electrons. The van der Waals surface area contributed by atoms with Crippen LogP contribution in [0.1, 0.15) is 42.4 Å². The molecule has 0 saturated heterocycles.